The molecule has 0 amide bonds. The minimum Gasteiger partial charge on any atom is -0.427 e. The Morgan fingerprint density at radius 1 is 0.893 bits per heavy atom. The highest BCUT2D eigenvalue weighted by atomic mass is 16.5. The van der Waals surface area contributed by atoms with Crippen molar-refractivity contribution in [3.05, 3.63) is 59.0 Å². The topological polar surface area (TPSA) is 58.4 Å². The molecule has 0 aliphatic heterocycles. The van der Waals surface area contributed by atoms with Crippen LogP contribution >= 0.6 is 0 Å². The highest BCUT2D eigenvalue weighted by Crippen LogP contribution is 2.19. The highest BCUT2D eigenvalue weighted by molar-refractivity contribution is 5.72. The van der Waals surface area contributed by atoms with Crippen LogP contribution in [0.2, 0.25) is 0 Å². The Hall–Kier alpha value is -2.69. The molecule has 0 saturated heterocycles. The minimum absolute atomic E-state index is 0.217. The van der Waals surface area contributed by atoms with Crippen LogP contribution in [0, 0.1) is 4.91 Å². The van der Waals surface area contributed by atoms with Crippen molar-refractivity contribution in [3.8, 4) is 5.75 Å². The van der Waals surface area contributed by atoms with Gasteiger partial charge in [-0.3, -0.25) is 4.79 Å². The maximum atomic E-state index is 12.3. The number of hydrogen-bond acceptors (Lipinski definition) is 3. The number of nitroso groups, excluding NO2 is 1. The van der Waals surface area contributed by atoms with E-state index in [-0.39, 0.29) is 5.97 Å². The van der Waals surface area contributed by atoms with Crippen molar-refractivity contribution in [2.24, 2.45) is 0 Å². The molecule has 5 nitrogen and oxygen atoms in total. The molecule has 0 saturated carbocycles. The average molecular weight is 384 g/mol. The first kappa shape index (κ1) is 21.6. The summed E-state index contributed by atoms with van der Waals surface area (Å²) in [6, 6.07) is 14.4. The third-order valence-corrected chi connectivity index (χ3v) is 4.54. The van der Waals surface area contributed by atoms with Gasteiger partial charge in [0, 0.05) is 18.6 Å². The SMILES string of the molecule is CCCCCCC(=O)Oc1ccc(N[N+](=O)c2ccc(CCCC)cc2)cc1. The summed E-state index contributed by atoms with van der Waals surface area (Å²) in [5.41, 5.74) is 5.20. The number of carbonyl (C=O) groups excluding carboxylic acids is 1. The number of anilines is 1. The van der Waals surface area contributed by atoms with Crippen LogP contribution in [0.1, 0.15) is 64.4 Å². The van der Waals surface area contributed by atoms with Crippen LogP contribution in [0.25, 0.3) is 0 Å². The van der Waals surface area contributed by atoms with Crippen LogP contribution in [0.4, 0.5) is 11.4 Å². The summed E-state index contributed by atoms with van der Waals surface area (Å²) < 4.78 is 5.33. The standard InChI is InChI=1S/C23H31N2O3/c1-3-5-7-8-10-23(26)28-22-17-13-20(14-18-22)24-25(27)21-15-11-19(12-16-21)9-6-4-2/h11-18H,3-10H2,1-2H3,(H,24,27)/q+1. The molecule has 150 valence electrons. The fourth-order valence-corrected chi connectivity index (χ4v) is 2.84. The molecule has 0 fully saturated rings. The summed E-state index contributed by atoms with van der Waals surface area (Å²) in [6.45, 7) is 4.30. The second-order valence-electron chi connectivity index (χ2n) is 6.99. The Kier molecular flexibility index (Phi) is 9.19. The number of aryl methyl sites for hydroxylation is 1. The van der Waals surface area contributed by atoms with Gasteiger partial charge in [0.05, 0.1) is 4.91 Å². The van der Waals surface area contributed by atoms with E-state index < -0.39 is 0 Å². The highest BCUT2D eigenvalue weighted by Gasteiger charge is 2.14. The molecule has 0 radical (unpaired) electrons. The summed E-state index contributed by atoms with van der Waals surface area (Å²) in [5.74, 6) is 0.272. The molecule has 28 heavy (non-hydrogen) atoms. The van der Waals surface area contributed by atoms with E-state index in [2.05, 4.69) is 19.3 Å². The molecular formula is C23H31N2O3+. The largest absolute Gasteiger partial charge is 0.427 e. The lowest BCUT2D eigenvalue weighted by atomic mass is 10.1. The second kappa shape index (κ2) is 11.9. The normalized spacial score (nSPS) is 10.5. The van der Waals surface area contributed by atoms with E-state index in [9.17, 15) is 9.70 Å². The third kappa shape index (κ3) is 7.51. The van der Waals surface area contributed by atoms with Crippen molar-refractivity contribution < 1.29 is 14.4 Å². The maximum Gasteiger partial charge on any atom is 0.311 e. The van der Waals surface area contributed by atoms with Crippen LogP contribution in [0.5, 0.6) is 5.75 Å². The molecule has 0 aliphatic carbocycles. The molecular weight excluding hydrogens is 352 g/mol. The predicted molar refractivity (Wildman–Crippen MR) is 113 cm³/mol. The Bertz CT molecular complexity index is 739. The van der Waals surface area contributed by atoms with E-state index in [1.54, 1.807) is 24.3 Å². The van der Waals surface area contributed by atoms with Gasteiger partial charge in [0.25, 0.3) is 5.69 Å². The molecule has 0 unspecified atom stereocenters. The number of unbranched alkanes of at least 4 members (excludes halogenated alkanes) is 4. The number of benzene rings is 2. The number of carbonyl (C=O) groups is 1. The van der Waals surface area contributed by atoms with E-state index in [4.69, 9.17) is 4.74 Å². The molecule has 0 atom stereocenters. The first-order valence-electron chi connectivity index (χ1n) is 10.3. The number of nitrogens with zero attached hydrogens (tertiary/aromatic N) is 1. The molecule has 5 heteroatoms. The van der Waals surface area contributed by atoms with Crippen molar-refractivity contribution in [2.45, 2.75) is 65.2 Å². The molecule has 0 aliphatic rings. The van der Waals surface area contributed by atoms with Gasteiger partial charge in [-0.2, -0.15) is 0 Å². The quantitative estimate of drug-likeness (QED) is 0.153. The van der Waals surface area contributed by atoms with Gasteiger partial charge in [-0.15, -0.1) is 5.43 Å². The van der Waals surface area contributed by atoms with Crippen molar-refractivity contribution in [3.63, 3.8) is 0 Å². The van der Waals surface area contributed by atoms with E-state index in [1.807, 2.05) is 24.3 Å². The summed E-state index contributed by atoms with van der Waals surface area (Å²) in [6.07, 6.45) is 7.95. The fraction of sp³-hybridized carbons (Fsp3) is 0.435. The van der Waals surface area contributed by atoms with Gasteiger partial charge < -0.3 is 4.74 Å². The van der Waals surface area contributed by atoms with E-state index >= 15 is 0 Å². The first-order chi connectivity index (χ1) is 13.6. The van der Waals surface area contributed by atoms with Gasteiger partial charge in [-0.25, -0.2) is 0 Å². The summed E-state index contributed by atoms with van der Waals surface area (Å²) in [7, 11) is 0. The van der Waals surface area contributed by atoms with Gasteiger partial charge in [0.1, 0.15) is 11.4 Å². The number of ether oxygens (including phenoxy) is 1. The zero-order chi connectivity index (χ0) is 20.2. The maximum absolute atomic E-state index is 12.3. The lowest BCUT2D eigenvalue weighted by molar-refractivity contribution is -0.427. The first-order valence-corrected chi connectivity index (χ1v) is 10.3. The van der Waals surface area contributed by atoms with Crippen LogP contribution in [0.15, 0.2) is 48.5 Å². The predicted octanol–water partition coefficient (Wildman–Crippen LogP) is 6.34. The Balaban J connectivity index is 1.82. The Labute approximate surface area is 167 Å². The smallest absolute Gasteiger partial charge is 0.311 e. The van der Waals surface area contributed by atoms with Gasteiger partial charge >= 0.3 is 5.97 Å². The monoisotopic (exact) mass is 383 g/mol. The molecule has 1 N–H and O–H groups in total. The number of nitrogens with one attached hydrogen (secondary N) is 1. The molecule has 0 bridgehead atoms. The van der Waals surface area contributed by atoms with Crippen LogP contribution in [-0.4, -0.2) is 10.8 Å². The Morgan fingerprint density at radius 2 is 1.57 bits per heavy atom. The molecule has 2 aromatic rings. The third-order valence-electron chi connectivity index (χ3n) is 4.54. The fourth-order valence-electron chi connectivity index (χ4n) is 2.84. The van der Waals surface area contributed by atoms with E-state index in [0.717, 1.165) is 49.8 Å². The van der Waals surface area contributed by atoms with Crippen molar-refractivity contribution in [1.29, 1.82) is 0 Å². The molecule has 2 rings (SSSR count). The Morgan fingerprint density at radius 3 is 2.21 bits per heavy atom. The van der Waals surface area contributed by atoms with Crippen LogP contribution < -0.4 is 10.2 Å². The zero-order valence-corrected chi connectivity index (χ0v) is 16.9. The van der Waals surface area contributed by atoms with Gasteiger partial charge in [-0.1, -0.05) is 51.7 Å². The second-order valence-corrected chi connectivity index (χ2v) is 6.99. The molecule has 0 aromatic heterocycles. The summed E-state index contributed by atoms with van der Waals surface area (Å²) in [4.78, 5) is 24.8. The number of rotatable bonds is 12. The van der Waals surface area contributed by atoms with Crippen molar-refractivity contribution >= 4 is 17.3 Å². The van der Waals surface area contributed by atoms with Crippen LogP contribution in [0.3, 0.4) is 0 Å². The summed E-state index contributed by atoms with van der Waals surface area (Å²) in [5, 5.41) is 0. The lowest BCUT2D eigenvalue weighted by Gasteiger charge is -2.05. The average Bonchev–Trinajstić information content (AvgIpc) is 2.71. The van der Waals surface area contributed by atoms with Gasteiger partial charge in [0.15, 0.2) is 4.87 Å². The van der Waals surface area contributed by atoms with Crippen LogP contribution in [-0.2, 0) is 11.2 Å². The number of hydrazine groups is 1. The zero-order valence-electron chi connectivity index (χ0n) is 16.9. The van der Waals surface area contributed by atoms with Crippen molar-refractivity contribution in [2.75, 3.05) is 5.43 Å². The number of esters is 1. The number of hydrogen-bond donors (Lipinski definition) is 1. The summed E-state index contributed by atoms with van der Waals surface area (Å²) >= 11 is 0. The van der Waals surface area contributed by atoms with E-state index in [0.29, 0.717) is 23.5 Å². The van der Waals surface area contributed by atoms with E-state index in [1.165, 1.54) is 5.56 Å². The molecule has 0 spiro atoms. The lowest BCUT2D eigenvalue weighted by Crippen LogP contribution is -2.10. The molecule has 2 aromatic carbocycles. The van der Waals surface area contributed by atoms with Gasteiger partial charge in [-0.05, 0) is 49.1 Å². The van der Waals surface area contributed by atoms with Crippen molar-refractivity contribution in [1.82, 2.24) is 0 Å². The molecule has 0 heterocycles. The van der Waals surface area contributed by atoms with Gasteiger partial charge in [0.2, 0.25) is 0 Å². The minimum atomic E-state index is -0.217.